The van der Waals surface area contributed by atoms with E-state index in [0.717, 1.165) is 18.8 Å². The molecule has 1 heterocycles. The summed E-state index contributed by atoms with van der Waals surface area (Å²) in [5.74, 6) is 1.03. The number of likely N-dealkylation sites (tertiary alicyclic amines) is 1. The van der Waals surface area contributed by atoms with Crippen molar-refractivity contribution in [2.75, 3.05) is 13.2 Å². The van der Waals surface area contributed by atoms with E-state index in [9.17, 15) is 0 Å². The fraction of sp³-hybridized carbons (Fsp3) is 0.455. The Morgan fingerprint density at radius 3 is 2.58 bits per heavy atom. The van der Waals surface area contributed by atoms with Crippen LogP contribution in [0, 0.1) is 0 Å². The Hall–Kier alpha value is -1.80. The summed E-state index contributed by atoms with van der Waals surface area (Å²) in [5, 5.41) is 0. The summed E-state index contributed by atoms with van der Waals surface area (Å²) >= 11 is 0. The highest BCUT2D eigenvalue weighted by molar-refractivity contribution is 5.37. The topological polar surface area (TPSA) is 12.5 Å². The van der Waals surface area contributed by atoms with Crippen LogP contribution in [0.5, 0.6) is 5.75 Å². The van der Waals surface area contributed by atoms with Gasteiger partial charge in [-0.05, 0) is 50.4 Å². The van der Waals surface area contributed by atoms with E-state index in [1.807, 2.05) is 0 Å². The van der Waals surface area contributed by atoms with Crippen LogP contribution in [0.3, 0.4) is 0 Å². The lowest BCUT2D eigenvalue weighted by molar-refractivity contribution is 0.0814. The molecule has 2 aromatic carbocycles. The number of ether oxygens (including phenoxy) is 1. The minimum Gasteiger partial charge on any atom is -0.492 e. The predicted molar refractivity (Wildman–Crippen MR) is 101 cm³/mol. The fourth-order valence-electron chi connectivity index (χ4n) is 3.69. The predicted octanol–water partition coefficient (Wildman–Crippen LogP) is 4.92. The molecular weight excluding hydrogens is 294 g/mol. The Balaban J connectivity index is 1.63. The lowest BCUT2D eigenvalue weighted by Gasteiger charge is -2.37. The highest BCUT2D eigenvalue weighted by Gasteiger charge is 2.23. The van der Waals surface area contributed by atoms with Crippen molar-refractivity contribution in [3.8, 4) is 5.75 Å². The van der Waals surface area contributed by atoms with E-state index in [4.69, 9.17) is 4.74 Å². The molecule has 2 aromatic rings. The third kappa shape index (κ3) is 4.39. The van der Waals surface area contributed by atoms with E-state index in [0.29, 0.717) is 12.1 Å². The second kappa shape index (κ2) is 8.34. The largest absolute Gasteiger partial charge is 0.492 e. The molecule has 0 amide bonds. The average Bonchev–Trinajstić information content (AvgIpc) is 2.62. The molecule has 2 nitrogen and oxygen atoms in total. The Bertz CT molecular complexity index is 625. The van der Waals surface area contributed by atoms with Gasteiger partial charge in [-0.1, -0.05) is 55.0 Å². The number of piperidine rings is 1. The summed E-state index contributed by atoms with van der Waals surface area (Å²) in [6.45, 7) is 6.61. The van der Waals surface area contributed by atoms with Crippen molar-refractivity contribution in [2.45, 2.75) is 51.6 Å². The molecule has 3 rings (SSSR count). The molecule has 2 atom stereocenters. The van der Waals surface area contributed by atoms with Crippen molar-refractivity contribution in [2.24, 2.45) is 0 Å². The van der Waals surface area contributed by atoms with Gasteiger partial charge in [0.2, 0.25) is 0 Å². The first-order chi connectivity index (χ1) is 11.7. The minimum atomic E-state index is 0.463. The summed E-state index contributed by atoms with van der Waals surface area (Å²) in [6.07, 6.45) is 4.92. The Morgan fingerprint density at radius 1 is 1.04 bits per heavy atom. The molecule has 128 valence electrons. The van der Waals surface area contributed by atoms with Crippen LogP contribution in [0.4, 0.5) is 0 Å². The van der Waals surface area contributed by atoms with Crippen LogP contribution in [0.2, 0.25) is 0 Å². The minimum absolute atomic E-state index is 0.463. The Kier molecular flexibility index (Phi) is 5.92. The van der Waals surface area contributed by atoms with Gasteiger partial charge < -0.3 is 4.74 Å². The van der Waals surface area contributed by atoms with Gasteiger partial charge in [-0.25, -0.2) is 0 Å². The summed E-state index contributed by atoms with van der Waals surface area (Å²) in [5.41, 5.74) is 2.59. The number of hydrogen-bond acceptors (Lipinski definition) is 2. The molecule has 0 bridgehead atoms. The molecule has 0 N–H and O–H groups in total. The zero-order valence-electron chi connectivity index (χ0n) is 14.9. The molecule has 2 heteroatoms. The highest BCUT2D eigenvalue weighted by atomic mass is 16.5. The summed E-state index contributed by atoms with van der Waals surface area (Å²) < 4.78 is 6.23. The van der Waals surface area contributed by atoms with Gasteiger partial charge in [0.15, 0.2) is 0 Å². The number of para-hydroxylation sites is 1. The smallest absolute Gasteiger partial charge is 0.122 e. The third-order valence-electron chi connectivity index (χ3n) is 5.11. The van der Waals surface area contributed by atoms with E-state index in [1.54, 1.807) is 0 Å². The molecule has 24 heavy (non-hydrogen) atoms. The molecule has 0 radical (unpaired) electrons. The molecule has 1 fully saturated rings. The standard InChI is InChI=1S/C22H29NO/c1-18-10-8-9-15-23(18)19(2)17-24-22-14-7-6-13-21(22)16-20-11-4-3-5-12-20/h3-7,11-14,18-19H,8-10,15-17H2,1-2H3. The van der Waals surface area contributed by atoms with Crippen molar-refractivity contribution in [3.05, 3.63) is 65.7 Å². The van der Waals surface area contributed by atoms with Crippen LogP contribution in [0.25, 0.3) is 0 Å². The molecule has 2 unspecified atom stereocenters. The molecular formula is C22H29NO. The van der Waals surface area contributed by atoms with Crippen molar-refractivity contribution in [1.29, 1.82) is 0 Å². The zero-order valence-corrected chi connectivity index (χ0v) is 14.9. The maximum absolute atomic E-state index is 6.23. The van der Waals surface area contributed by atoms with E-state index in [-0.39, 0.29) is 0 Å². The lowest BCUT2D eigenvalue weighted by atomic mass is 10.0. The monoisotopic (exact) mass is 323 g/mol. The Labute approximate surface area is 146 Å². The summed E-state index contributed by atoms with van der Waals surface area (Å²) in [6, 6.07) is 20.2. The van der Waals surface area contributed by atoms with Gasteiger partial charge in [0, 0.05) is 18.5 Å². The van der Waals surface area contributed by atoms with Crippen molar-refractivity contribution >= 4 is 0 Å². The van der Waals surface area contributed by atoms with Crippen LogP contribution in [0.15, 0.2) is 54.6 Å². The quantitative estimate of drug-likeness (QED) is 0.748. The normalized spacial score (nSPS) is 19.8. The molecule has 1 aliphatic heterocycles. The van der Waals surface area contributed by atoms with E-state index in [2.05, 4.69) is 73.3 Å². The van der Waals surface area contributed by atoms with Crippen LogP contribution in [0.1, 0.15) is 44.2 Å². The van der Waals surface area contributed by atoms with Crippen molar-refractivity contribution in [3.63, 3.8) is 0 Å². The van der Waals surface area contributed by atoms with Crippen LogP contribution < -0.4 is 4.74 Å². The summed E-state index contributed by atoms with van der Waals surface area (Å²) in [7, 11) is 0. The highest BCUT2D eigenvalue weighted by Crippen LogP contribution is 2.23. The first-order valence-corrected chi connectivity index (χ1v) is 9.24. The molecule has 1 saturated heterocycles. The van der Waals surface area contributed by atoms with Crippen LogP contribution >= 0.6 is 0 Å². The first-order valence-electron chi connectivity index (χ1n) is 9.24. The van der Waals surface area contributed by atoms with Crippen molar-refractivity contribution in [1.82, 2.24) is 4.90 Å². The Morgan fingerprint density at radius 2 is 1.79 bits per heavy atom. The number of rotatable bonds is 6. The van der Waals surface area contributed by atoms with Crippen molar-refractivity contribution < 1.29 is 4.74 Å². The second-order valence-corrected chi connectivity index (χ2v) is 7.01. The van der Waals surface area contributed by atoms with Gasteiger partial charge in [-0.3, -0.25) is 4.90 Å². The maximum Gasteiger partial charge on any atom is 0.122 e. The molecule has 1 aliphatic rings. The molecule has 0 aromatic heterocycles. The summed E-state index contributed by atoms with van der Waals surface area (Å²) in [4.78, 5) is 2.60. The van der Waals surface area contributed by atoms with Gasteiger partial charge in [-0.15, -0.1) is 0 Å². The number of benzene rings is 2. The molecule has 0 saturated carbocycles. The lowest BCUT2D eigenvalue weighted by Crippen LogP contribution is -2.46. The van der Waals surface area contributed by atoms with E-state index >= 15 is 0 Å². The van der Waals surface area contributed by atoms with E-state index in [1.165, 1.54) is 36.9 Å². The second-order valence-electron chi connectivity index (χ2n) is 7.01. The van der Waals surface area contributed by atoms with Gasteiger partial charge in [0.1, 0.15) is 12.4 Å². The van der Waals surface area contributed by atoms with Crippen LogP contribution in [-0.4, -0.2) is 30.1 Å². The van der Waals surface area contributed by atoms with Gasteiger partial charge in [0.25, 0.3) is 0 Å². The third-order valence-corrected chi connectivity index (χ3v) is 5.11. The van der Waals surface area contributed by atoms with Crippen LogP contribution in [-0.2, 0) is 6.42 Å². The maximum atomic E-state index is 6.23. The fourth-order valence-corrected chi connectivity index (χ4v) is 3.69. The average molecular weight is 323 g/mol. The van der Waals surface area contributed by atoms with Gasteiger partial charge in [0.05, 0.1) is 0 Å². The molecule has 0 aliphatic carbocycles. The first kappa shape index (κ1) is 17.0. The molecule has 0 spiro atoms. The number of hydrogen-bond donors (Lipinski definition) is 0. The van der Waals surface area contributed by atoms with Gasteiger partial charge >= 0.3 is 0 Å². The number of nitrogens with zero attached hydrogens (tertiary/aromatic N) is 1. The zero-order chi connectivity index (χ0) is 16.8. The van der Waals surface area contributed by atoms with E-state index < -0.39 is 0 Å². The SMILES string of the molecule is CC1CCCCN1C(C)COc1ccccc1Cc1ccccc1. The van der Waals surface area contributed by atoms with Gasteiger partial charge in [-0.2, -0.15) is 0 Å².